The van der Waals surface area contributed by atoms with E-state index in [2.05, 4.69) is 5.32 Å². The van der Waals surface area contributed by atoms with Crippen molar-refractivity contribution in [1.82, 2.24) is 4.31 Å². The molecule has 1 aliphatic carbocycles. The Labute approximate surface area is 164 Å². The topological polar surface area (TPSA) is 66.5 Å². The first-order valence-corrected chi connectivity index (χ1v) is 10.9. The van der Waals surface area contributed by atoms with E-state index in [-0.39, 0.29) is 17.2 Å². The van der Waals surface area contributed by atoms with Crippen molar-refractivity contribution in [2.45, 2.75) is 31.1 Å². The third-order valence-electron chi connectivity index (χ3n) is 5.92. The van der Waals surface area contributed by atoms with Crippen molar-refractivity contribution in [2.75, 3.05) is 18.4 Å². The van der Waals surface area contributed by atoms with Crippen LogP contribution in [0.5, 0.6) is 0 Å². The molecule has 0 radical (unpaired) electrons. The van der Waals surface area contributed by atoms with Gasteiger partial charge in [0.15, 0.2) is 0 Å². The monoisotopic (exact) mass is 402 g/mol. The van der Waals surface area contributed by atoms with Crippen LogP contribution in [0.1, 0.15) is 25.3 Å². The second kappa shape index (κ2) is 6.97. The third-order valence-corrected chi connectivity index (χ3v) is 7.78. The fourth-order valence-electron chi connectivity index (χ4n) is 4.07. The normalized spacial score (nSPS) is 24.4. The van der Waals surface area contributed by atoms with Crippen LogP contribution in [0.25, 0.3) is 0 Å². The van der Waals surface area contributed by atoms with Gasteiger partial charge in [0, 0.05) is 24.7 Å². The molecule has 2 fully saturated rings. The van der Waals surface area contributed by atoms with Gasteiger partial charge in [0.2, 0.25) is 15.9 Å². The Morgan fingerprint density at radius 2 is 2.00 bits per heavy atom. The third kappa shape index (κ3) is 3.44. The maximum atomic E-state index is 13.3. The number of sulfonamides is 1. The van der Waals surface area contributed by atoms with Gasteiger partial charge >= 0.3 is 0 Å². The van der Waals surface area contributed by atoms with E-state index in [9.17, 15) is 17.6 Å². The molecule has 28 heavy (non-hydrogen) atoms. The number of rotatable bonds is 5. The predicted molar refractivity (Wildman–Crippen MR) is 105 cm³/mol. The van der Waals surface area contributed by atoms with Crippen molar-refractivity contribution in [2.24, 2.45) is 11.3 Å². The number of benzene rings is 2. The average Bonchev–Trinajstić information content (AvgIpc) is 3.21. The predicted octanol–water partition coefficient (Wildman–Crippen LogP) is 3.43. The highest BCUT2D eigenvalue weighted by atomic mass is 32.2. The van der Waals surface area contributed by atoms with Gasteiger partial charge in [0.1, 0.15) is 5.82 Å². The van der Waals surface area contributed by atoms with Gasteiger partial charge in [0.05, 0.1) is 4.90 Å². The Morgan fingerprint density at radius 1 is 1.25 bits per heavy atom. The number of nitrogens with one attached hydrogen (secondary N) is 1. The Bertz CT molecular complexity index is 1010. The fraction of sp³-hybridized carbons (Fsp3) is 0.381. The van der Waals surface area contributed by atoms with Gasteiger partial charge in [-0.2, -0.15) is 4.31 Å². The minimum Gasteiger partial charge on any atom is -0.326 e. The molecule has 4 rings (SSSR count). The van der Waals surface area contributed by atoms with Gasteiger partial charge in [-0.25, -0.2) is 12.8 Å². The Kier molecular flexibility index (Phi) is 4.75. The minimum absolute atomic E-state index is 0.169. The molecule has 1 saturated carbocycles. The van der Waals surface area contributed by atoms with Gasteiger partial charge < -0.3 is 5.32 Å². The number of halogens is 1. The SMILES string of the molecule is CCc1ccc(S(=O)(=O)N2CC[C@@]3(C[C@@H]3C(=O)Nc3cccc(F)c3)C2)cc1. The standard InChI is InChI=1S/C21H23FN2O3S/c1-2-15-6-8-18(9-7-15)28(26,27)24-11-10-21(14-24)13-19(21)20(25)23-17-5-3-4-16(22)12-17/h3-9,12,19H,2,10-11,13-14H2,1H3,(H,23,25)/t19-,21-/m1/s1. The van der Waals surface area contributed by atoms with Gasteiger partial charge in [-0.1, -0.05) is 25.1 Å². The van der Waals surface area contributed by atoms with E-state index >= 15 is 0 Å². The molecule has 1 aliphatic heterocycles. The van der Waals surface area contributed by atoms with Crippen molar-refractivity contribution in [3.05, 3.63) is 59.9 Å². The molecule has 1 amide bonds. The lowest BCUT2D eigenvalue weighted by Crippen LogP contribution is -2.30. The number of carbonyl (C=O) groups excluding carboxylic acids is 1. The van der Waals surface area contributed by atoms with Crippen molar-refractivity contribution >= 4 is 21.6 Å². The van der Waals surface area contributed by atoms with Crippen molar-refractivity contribution in [1.29, 1.82) is 0 Å². The first-order valence-electron chi connectivity index (χ1n) is 9.50. The summed E-state index contributed by atoms with van der Waals surface area (Å²) in [5.41, 5.74) is 1.21. The van der Waals surface area contributed by atoms with Crippen LogP contribution in [0.2, 0.25) is 0 Å². The lowest BCUT2D eigenvalue weighted by atomic mass is 10.0. The second-order valence-electron chi connectivity index (χ2n) is 7.70. The van der Waals surface area contributed by atoms with Crippen LogP contribution in [-0.4, -0.2) is 31.7 Å². The number of carbonyl (C=O) groups is 1. The highest BCUT2D eigenvalue weighted by Crippen LogP contribution is 2.59. The zero-order chi connectivity index (χ0) is 19.9. The van der Waals surface area contributed by atoms with Crippen molar-refractivity contribution < 1.29 is 17.6 Å². The van der Waals surface area contributed by atoms with Crippen LogP contribution in [0.4, 0.5) is 10.1 Å². The van der Waals surface area contributed by atoms with E-state index in [0.29, 0.717) is 36.5 Å². The van der Waals surface area contributed by atoms with E-state index in [1.807, 2.05) is 19.1 Å². The summed E-state index contributed by atoms with van der Waals surface area (Å²) in [7, 11) is -3.56. The summed E-state index contributed by atoms with van der Waals surface area (Å²) in [5, 5.41) is 2.75. The summed E-state index contributed by atoms with van der Waals surface area (Å²) in [6.07, 6.45) is 2.19. The van der Waals surface area contributed by atoms with Crippen LogP contribution in [0, 0.1) is 17.2 Å². The summed E-state index contributed by atoms with van der Waals surface area (Å²) in [4.78, 5) is 12.8. The smallest absolute Gasteiger partial charge is 0.243 e. The molecule has 1 saturated heterocycles. The molecule has 148 valence electrons. The van der Waals surface area contributed by atoms with Crippen LogP contribution < -0.4 is 5.32 Å². The first-order chi connectivity index (χ1) is 13.3. The Hall–Kier alpha value is -2.25. The van der Waals surface area contributed by atoms with E-state index in [1.54, 1.807) is 24.3 Å². The maximum Gasteiger partial charge on any atom is 0.243 e. The van der Waals surface area contributed by atoms with Gasteiger partial charge in [-0.15, -0.1) is 0 Å². The maximum absolute atomic E-state index is 13.3. The number of amides is 1. The minimum atomic E-state index is -3.56. The van der Waals surface area contributed by atoms with Crippen molar-refractivity contribution in [3.8, 4) is 0 Å². The van der Waals surface area contributed by atoms with E-state index < -0.39 is 15.8 Å². The van der Waals surface area contributed by atoms with Gasteiger partial charge in [-0.3, -0.25) is 4.79 Å². The molecule has 2 aromatic carbocycles. The molecule has 0 aromatic heterocycles. The zero-order valence-corrected chi connectivity index (χ0v) is 16.5. The lowest BCUT2D eigenvalue weighted by molar-refractivity contribution is -0.118. The number of hydrogen-bond acceptors (Lipinski definition) is 3. The highest BCUT2D eigenvalue weighted by molar-refractivity contribution is 7.89. The number of hydrogen-bond donors (Lipinski definition) is 1. The summed E-state index contributed by atoms with van der Waals surface area (Å²) < 4.78 is 40.7. The number of anilines is 1. The summed E-state index contributed by atoms with van der Waals surface area (Å²) in [6, 6.07) is 12.8. The Balaban J connectivity index is 1.43. The lowest BCUT2D eigenvalue weighted by Gasteiger charge is -2.17. The fourth-order valence-corrected chi connectivity index (χ4v) is 5.61. The van der Waals surface area contributed by atoms with Gasteiger partial charge in [-0.05, 0) is 60.6 Å². The molecule has 1 spiro atoms. The average molecular weight is 402 g/mol. The molecular formula is C21H23FN2O3S. The highest BCUT2D eigenvalue weighted by Gasteiger charge is 2.62. The summed E-state index contributed by atoms with van der Waals surface area (Å²) >= 11 is 0. The number of aryl methyl sites for hydroxylation is 1. The van der Waals surface area contributed by atoms with E-state index in [0.717, 1.165) is 12.0 Å². The first kappa shape index (κ1) is 19.1. The molecule has 5 nitrogen and oxygen atoms in total. The molecule has 1 heterocycles. The zero-order valence-electron chi connectivity index (χ0n) is 15.7. The Morgan fingerprint density at radius 3 is 2.68 bits per heavy atom. The quantitative estimate of drug-likeness (QED) is 0.833. The number of nitrogens with zero attached hydrogens (tertiary/aromatic N) is 1. The summed E-state index contributed by atoms with van der Waals surface area (Å²) in [6.45, 7) is 2.80. The molecular weight excluding hydrogens is 379 g/mol. The second-order valence-corrected chi connectivity index (χ2v) is 9.64. The molecule has 0 unspecified atom stereocenters. The molecule has 2 aliphatic rings. The van der Waals surface area contributed by atoms with Crippen LogP contribution in [0.15, 0.2) is 53.4 Å². The van der Waals surface area contributed by atoms with Crippen LogP contribution in [0.3, 0.4) is 0 Å². The van der Waals surface area contributed by atoms with Gasteiger partial charge in [0.25, 0.3) is 0 Å². The largest absolute Gasteiger partial charge is 0.326 e. The van der Waals surface area contributed by atoms with Crippen LogP contribution in [-0.2, 0) is 21.2 Å². The van der Waals surface area contributed by atoms with E-state index in [4.69, 9.17) is 0 Å². The van der Waals surface area contributed by atoms with Crippen LogP contribution >= 0.6 is 0 Å². The summed E-state index contributed by atoms with van der Waals surface area (Å²) in [5.74, 6) is -0.814. The van der Waals surface area contributed by atoms with E-state index in [1.165, 1.54) is 16.4 Å². The van der Waals surface area contributed by atoms with Crippen molar-refractivity contribution in [3.63, 3.8) is 0 Å². The molecule has 0 bridgehead atoms. The molecule has 7 heteroatoms. The molecule has 1 N–H and O–H groups in total. The molecule has 2 atom stereocenters. The molecule has 2 aromatic rings.